The smallest absolute Gasteiger partial charge is 0.256 e. The summed E-state index contributed by atoms with van der Waals surface area (Å²) in [5.41, 5.74) is 7.29. The van der Waals surface area contributed by atoms with Crippen LogP contribution < -0.4 is 20.8 Å². The number of fused-ring (bicyclic) bond motifs is 1. The van der Waals surface area contributed by atoms with Gasteiger partial charge in [-0.25, -0.2) is 4.98 Å². The van der Waals surface area contributed by atoms with Crippen LogP contribution in [0.15, 0.2) is 67.3 Å². The Morgan fingerprint density at radius 3 is 2.47 bits per heavy atom. The molecule has 1 amide bonds. The Kier molecular flexibility index (Phi) is 10.3. The number of carbonyl (C=O) groups excluding carboxylic acids is 1. The third-order valence-corrected chi connectivity index (χ3v) is 11.0. The predicted molar refractivity (Wildman–Crippen MR) is 216 cm³/mol. The van der Waals surface area contributed by atoms with E-state index in [-0.39, 0.29) is 5.91 Å². The number of aryl methyl sites for hydroxylation is 2. The minimum absolute atomic E-state index is 0.231. The number of amides is 1. The second-order valence-electron chi connectivity index (χ2n) is 14.8. The van der Waals surface area contributed by atoms with Gasteiger partial charge in [-0.05, 0) is 99.4 Å². The SMILES string of the molecule is Cc1cc(P)c(C(=O)Nc2cc(N3CCC(N4CCN(C)CC4)CC3)cc(C(C)(C)C#N)c2)cc1C#Cc1cnc2c(Nc3cnn(C)c3)cccn12. The zero-order chi connectivity index (χ0) is 37.3. The summed E-state index contributed by atoms with van der Waals surface area (Å²) >= 11 is 0. The maximum atomic E-state index is 14.0. The lowest BCUT2D eigenvalue weighted by Gasteiger charge is -2.42. The first kappa shape index (κ1) is 36.2. The van der Waals surface area contributed by atoms with Gasteiger partial charge in [0.25, 0.3) is 5.91 Å². The van der Waals surface area contributed by atoms with E-state index in [4.69, 9.17) is 0 Å². The molecular formula is C41H47N10OP. The van der Waals surface area contributed by atoms with Crippen molar-refractivity contribution in [1.29, 1.82) is 5.26 Å². The zero-order valence-corrected chi connectivity index (χ0v) is 32.3. The molecule has 11 nitrogen and oxygen atoms in total. The number of piperidine rings is 1. The molecule has 0 saturated carbocycles. The molecule has 0 spiro atoms. The van der Waals surface area contributed by atoms with E-state index < -0.39 is 5.41 Å². The number of nitriles is 1. The topological polar surface area (TPSA) is 110 Å². The highest BCUT2D eigenvalue weighted by Gasteiger charge is 2.28. The molecule has 0 bridgehead atoms. The highest BCUT2D eigenvalue weighted by atomic mass is 31.0. The Hall–Kier alpha value is -5.19. The largest absolute Gasteiger partial charge is 0.371 e. The third-order valence-electron chi connectivity index (χ3n) is 10.5. The summed E-state index contributed by atoms with van der Waals surface area (Å²) in [7, 11) is 6.77. The fourth-order valence-corrected chi connectivity index (χ4v) is 7.67. The van der Waals surface area contributed by atoms with Gasteiger partial charge in [-0.15, -0.1) is 9.24 Å². The van der Waals surface area contributed by atoms with E-state index in [9.17, 15) is 10.1 Å². The molecule has 272 valence electrons. The number of nitrogens with one attached hydrogen (secondary N) is 2. The standard InChI is InChI=1S/C41H47N10OP/c1-28-19-38(53)36(20-29(28)8-9-34-25-43-39-37(7-6-12-51(34)39)45-32-24-44-48(5)26-32)40(52)46-31-21-30(41(2,3)27-42)22-35(23-31)49-13-10-33(11-14-49)50-17-15-47(4)16-18-50/h6-7,12,19-26,33,45H,10-11,13-18,53H2,1-5H3,(H,46,52). The van der Waals surface area contributed by atoms with Crippen molar-refractivity contribution in [2.45, 2.75) is 45.1 Å². The van der Waals surface area contributed by atoms with Crippen molar-refractivity contribution in [1.82, 2.24) is 29.0 Å². The normalized spacial score (nSPS) is 15.9. The average molecular weight is 727 g/mol. The molecule has 2 aromatic carbocycles. The molecule has 7 rings (SSSR count). The van der Waals surface area contributed by atoms with Crippen molar-refractivity contribution in [3.8, 4) is 17.9 Å². The summed E-state index contributed by atoms with van der Waals surface area (Å²) in [6.07, 6.45) is 9.55. The van der Waals surface area contributed by atoms with Gasteiger partial charge in [-0.1, -0.05) is 12.0 Å². The number of imidazole rings is 1. The quantitative estimate of drug-likeness (QED) is 0.172. The maximum absolute atomic E-state index is 14.0. The minimum Gasteiger partial charge on any atom is -0.371 e. The van der Waals surface area contributed by atoms with E-state index >= 15 is 0 Å². The number of piperazine rings is 1. The Morgan fingerprint density at radius 2 is 1.75 bits per heavy atom. The number of rotatable bonds is 7. The highest BCUT2D eigenvalue weighted by Crippen LogP contribution is 2.33. The van der Waals surface area contributed by atoms with E-state index in [1.165, 1.54) is 0 Å². The summed E-state index contributed by atoms with van der Waals surface area (Å²) in [6.45, 7) is 12.2. The third kappa shape index (κ3) is 7.94. The van der Waals surface area contributed by atoms with Crippen molar-refractivity contribution >= 4 is 48.8 Å². The van der Waals surface area contributed by atoms with Crippen LogP contribution in [0.3, 0.4) is 0 Å². The van der Waals surface area contributed by atoms with E-state index in [0.717, 1.165) is 103 Å². The van der Waals surface area contributed by atoms with Gasteiger partial charge in [-0.2, -0.15) is 10.4 Å². The molecule has 1 atom stereocenters. The Morgan fingerprint density at radius 1 is 0.981 bits per heavy atom. The lowest BCUT2D eigenvalue weighted by molar-refractivity contribution is 0.0982. The summed E-state index contributed by atoms with van der Waals surface area (Å²) in [5, 5.41) is 21.6. The molecule has 5 heterocycles. The highest BCUT2D eigenvalue weighted by molar-refractivity contribution is 7.27. The molecule has 12 heteroatoms. The molecule has 53 heavy (non-hydrogen) atoms. The lowest BCUT2D eigenvalue weighted by Crippen LogP contribution is -2.52. The second-order valence-corrected chi connectivity index (χ2v) is 15.4. The number of pyridine rings is 1. The number of likely N-dealkylation sites (N-methyl/N-ethyl adjacent to an activating group) is 1. The lowest BCUT2D eigenvalue weighted by atomic mass is 9.85. The maximum Gasteiger partial charge on any atom is 0.256 e. The first-order valence-corrected chi connectivity index (χ1v) is 18.7. The number of benzene rings is 2. The van der Waals surface area contributed by atoms with Gasteiger partial charge in [0.15, 0.2) is 5.65 Å². The van der Waals surface area contributed by atoms with Gasteiger partial charge >= 0.3 is 0 Å². The number of hydrogen-bond donors (Lipinski definition) is 2. The van der Waals surface area contributed by atoms with Gasteiger partial charge in [0.1, 0.15) is 5.69 Å². The monoisotopic (exact) mass is 726 g/mol. The molecule has 0 radical (unpaired) electrons. The second kappa shape index (κ2) is 15.0. The minimum atomic E-state index is -0.723. The number of nitrogens with zero attached hydrogens (tertiary/aromatic N) is 8. The van der Waals surface area contributed by atoms with Crippen LogP contribution in [0, 0.1) is 30.1 Å². The fraction of sp³-hybridized carbons (Fsp3) is 0.366. The van der Waals surface area contributed by atoms with Crippen LogP contribution >= 0.6 is 9.24 Å². The Balaban J connectivity index is 1.11. The van der Waals surface area contributed by atoms with Crippen LogP contribution in [0.2, 0.25) is 0 Å². The molecule has 1 unspecified atom stereocenters. The van der Waals surface area contributed by atoms with Gasteiger partial charge in [-0.3, -0.25) is 18.8 Å². The van der Waals surface area contributed by atoms with E-state index in [0.29, 0.717) is 17.3 Å². The first-order chi connectivity index (χ1) is 25.5. The van der Waals surface area contributed by atoms with Crippen LogP contribution in [0.4, 0.5) is 22.7 Å². The van der Waals surface area contributed by atoms with Crippen molar-refractivity contribution in [3.63, 3.8) is 0 Å². The summed E-state index contributed by atoms with van der Waals surface area (Å²) in [6, 6.07) is 16.9. The van der Waals surface area contributed by atoms with Gasteiger partial charge < -0.3 is 20.4 Å². The van der Waals surface area contributed by atoms with E-state index in [1.807, 2.05) is 81.0 Å². The van der Waals surface area contributed by atoms with Crippen molar-refractivity contribution in [2.75, 3.05) is 61.8 Å². The van der Waals surface area contributed by atoms with E-state index in [2.05, 4.69) is 75.7 Å². The van der Waals surface area contributed by atoms with Crippen molar-refractivity contribution in [3.05, 3.63) is 95.2 Å². The number of aromatic nitrogens is 4. The summed E-state index contributed by atoms with van der Waals surface area (Å²) in [5.74, 6) is 6.35. The Labute approximate surface area is 314 Å². The molecule has 2 aliphatic rings. The van der Waals surface area contributed by atoms with Crippen LogP contribution in [-0.4, -0.2) is 87.2 Å². The zero-order valence-electron chi connectivity index (χ0n) is 31.1. The van der Waals surface area contributed by atoms with Crippen LogP contribution in [0.25, 0.3) is 5.65 Å². The number of carbonyl (C=O) groups is 1. The van der Waals surface area contributed by atoms with Gasteiger partial charge in [0, 0.05) is 87.3 Å². The average Bonchev–Trinajstić information content (AvgIpc) is 3.77. The summed E-state index contributed by atoms with van der Waals surface area (Å²) in [4.78, 5) is 26.1. The molecule has 2 aliphatic heterocycles. The van der Waals surface area contributed by atoms with Crippen molar-refractivity contribution in [2.24, 2.45) is 7.05 Å². The number of anilines is 4. The molecule has 0 aliphatic carbocycles. The molecule has 2 saturated heterocycles. The molecular weight excluding hydrogens is 679 g/mol. The first-order valence-electron chi connectivity index (χ1n) is 18.2. The number of hydrogen-bond acceptors (Lipinski definition) is 8. The fourth-order valence-electron chi connectivity index (χ4n) is 7.20. The van der Waals surface area contributed by atoms with Crippen molar-refractivity contribution < 1.29 is 4.79 Å². The van der Waals surface area contributed by atoms with Crippen LogP contribution in [0.5, 0.6) is 0 Å². The molecule has 3 aromatic heterocycles. The van der Waals surface area contributed by atoms with Crippen LogP contribution in [-0.2, 0) is 12.5 Å². The van der Waals surface area contributed by atoms with Gasteiger partial charge in [0.05, 0.1) is 35.3 Å². The van der Waals surface area contributed by atoms with Crippen LogP contribution in [0.1, 0.15) is 59.4 Å². The predicted octanol–water partition coefficient (Wildman–Crippen LogP) is 5.29. The molecule has 2 fully saturated rings. The van der Waals surface area contributed by atoms with E-state index in [1.54, 1.807) is 17.1 Å². The summed E-state index contributed by atoms with van der Waals surface area (Å²) < 4.78 is 3.69. The van der Waals surface area contributed by atoms with Gasteiger partial charge in [0.2, 0.25) is 0 Å². The molecule has 5 aromatic rings. The molecule has 2 N–H and O–H groups in total. The Bertz CT molecular complexity index is 2260.